The van der Waals surface area contributed by atoms with Crippen LogP contribution in [0, 0.1) is 0 Å². The van der Waals surface area contributed by atoms with Crippen LogP contribution >= 0.6 is 0 Å². The highest BCUT2D eigenvalue weighted by molar-refractivity contribution is 5.85. The first-order valence-corrected chi connectivity index (χ1v) is 7.65. The summed E-state index contributed by atoms with van der Waals surface area (Å²) in [5, 5.41) is 9.45. The molecule has 0 radical (unpaired) electrons. The van der Waals surface area contributed by atoms with E-state index in [2.05, 4.69) is 31.8 Å². The van der Waals surface area contributed by atoms with Crippen LogP contribution in [-0.4, -0.2) is 63.2 Å². The van der Waals surface area contributed by atoms with Crippen molar-refractivity contribution >= 4 is 17.0 Å². The molecule has 1 aromatic carbocycles. The highest BCUT2D eigenvalue weighted by Gasteiger charge is 2.20. The molecule has 1 saturated heterocycles. The van der Waals surface area contributed by atoms with Gasteiger partial charge in [0, 0.05) is 31.7 Å². The molecule has 23 heavy (non-hydrogen) atoms. The number of rotatable bonds is 2. The van der Waals surface area contributed by atoms with Crippen LogP contribution in [0.15, 0.2) is 30.6 Å². The Morgan fingerprint density at radius 2 is 1.78 bits per heavy atom. The molecule has 1 aliphatic heterocycles. The number of hydrogen-bond acceptors (Lipinski definition) is 6. The smallest absolute Gasteiger partial charge is 0.183 e. The van der Waals surface area contributed by atoms with Crippen molar-refractivity contribution in [3.8, 4) is 17.1 Å². The molecule has 0 amide bonds. The lowest BCUT2D eigenvalue weighted by Gasteiger charge is -2.33. The summed E-state index contributed by atoms with van der Waals surface area (Å²) in [6.45, 7) is 3.87. The summed E-state index contributed by atoms with van der Waals surface area (Å²) in [6.07, 6.45) is 1.65. The predicted molar refractivity (Wildman–Crippen MR) is 88.5 cm³/mol. The molecule has 7 heteroatoms. The summed E-state index contributed by atoms with van der Waals surface area (Å²) in [6, 6.07) is 6.92. The largest absolute Gasteiger partial charge is 0.508 e. The van der Waals surface area contributed by atoms with E-state index in [9.17, 15) is 5.11 Å². The molecule has 0 atom stereocenters. The summed E-state index contributed by atoms with van der Waals surface area (Å²) in [5.74, 6) is 1.75. The minimum Gasteiger partial charge on any atom is -0.508 e. The zero-order chi connectivity index (χ0) is 15.8. The summed E-state index contributed by atoms with van der Waals surface area (Å²) < 4.78 is 0. The van der Waals surface area contributed by atoms with Crippen LogP contribution in [0.1, 0.15) is 0 Å². The topological polar surface area (TPSA) is 81.2 Å². The van der Waals surface area contributed by atoms with Gasteiger partial charge in [-0.3, -0.25) is 0 Å². The van der Waals surface area contributed by atoms with Crippen molar-refractivity contribution in [3.63, 3.8) is 0 Å². The molecule has 0 unspecified atom stereocenters. The molecule has 7 nitrogen and oxygen atoms in total. The van der Waals surface area contributed by atoms with Crippen LogP contribution in [0.3, 0.4) is 0 Å². The fourth-order valence-corrected chi connectivity index (χ4v) is 2.80. The Morgan fingerprint density at radius 1 is 1.04 bits per heavy atom. The van der Waals surface area contributed by atoms with Gasteiger partial charge in [-0.25, -0.2) is 15.0 Å². The van der Waals surface area contributed by atoms with E-state index in [4.69, 9.17) is 4.98 Å². The number of anilines is 1. The van der Waals surface area contributed by atoms with E-state index in [1.54, 1.807) is 18.5 Å². The Labute approximate surface area is 133 Å². The van der Waals surface area contributed by atoms with Crippen LogP contribution in [-0.2, 0) is 0 Å². The maximum atomic E-state index is 9.45. The second kappa shape index (κ2) is 5.51. The number of imidazole rings is 1. The maximum absolute atomic E-state index is 9.45. The first-order valence-electron chi connectivity index (χ1n) is 7.65. The number of piperazine rings is 1. The molecule has 1 fully saturated rings. The first kappa shape index (κ1) is 14.0. The Balaban J connectivity index is 1.79. The van der Waals surface area contributed by atoms with Gasteiger partial charge in [0.15, 0.2) is 17.3 Å². The Kier molecular flexibility index (Phi) is 3.34. The summed E-state index contributed by atoms with van der Waals surface area (Å²) >= 11 is 0. The van der Waals surface area contributed by atoms with Gasteiger partial charge in [0.25, 0.3) is 0 Å². The summed E-state index contributed by atoms with van der Waals surface area (Å²) in [7, 11) is 2.13. The van der Waals surface area contributed by atoms with Crippen molar-refractivity contribution in [1.29, 1.82) is 0 Å². The third-order valence-electron chi connectivity index (χ3n) is 4.19. The minimum absolute atomic E-state index is 0.230. The van der Waals surface area contributed by atoms with E-state index >= 15 is 0 Å². The summed E-state index contributed by atoms with van der Waals surface area (Å²) in [4.78, 5) is 21.3. The zero-order valence-corrected chi connectivity index (χ0v) is 12.9. The van der Waals surface area contributed by atoms with Crippen molar-refractivity contribution in [3.05, 3.63) is 30.6 Å². The van der Waals surface area contributed by atoms with Gasteiger partial charge in [0.05, 0.1) is 6.33 Å². The van der Waals surface area contributed by atoms with E-state index in [-0.39, 0.29) is 5.75 Å². The number of phenolic OH excluding ortho intramolecular Hbond substituents is 1. The normalized spacial score (nSPS) is 16.1. The Bertz CT molecular complexity index is 820. The van der Waals surface area contributed by atoms with Gasteiger partial charge in [0.1, 0.15) is 11.3 Å². The summed E-state index contributed by atoms with van der Waals surface area (Å²) in [5.41, 5.74) is 2.40. The SMILES string of the molecule is CN1CCN(c2nc(-c3ccc(O)cc3)nc3nc[nH]c23)CC1. The molecular weight excluding hydrogens is 292 g/mol. The number of benzene rings is 1. The number of aromatic nitrogens is 4. The average molecular weight is 310 g/mol. The highest BCUT2D eigenvalue weighted by atomic mass is 16.3. The number of likely N-dealkylation sites (N-methyl/N-ethyl adjacent to an activating group) is 1. The van der Waals surface area contributed by atoms with Crippen LogP contribution < -0.4 is 4.90 Å². The van der Waals surface area contributed by atoms with Gasteiger partial charge in [0.2, 0.25) is 0 Å². The second-order valence-electron chi connectivity index (χ2n) is 5.81. The quantitative estimate of drug-likeness (QED) is 0.746. The van der Waals surface area contributed by atoms with E-state index in [1.807, 2.05) is 12.1 Å². The van der Waals surface area contributed by atoms with Crippen LogP contribution in [0.25, 0.3) is 22.6 Å². The third-order valence-corrected chi connectivity index (χ3v) is 4.19. The molecule has 2 N–H and O–H groups in total. The van der Waals surface area contributed by atoms with E-state index in [0.29, 0.717) is 11.5 Å². The number of H-pyrrole nitrogens is 1. The van der Waals surface area contributed by atoms with E-state index in [1.165, 1.54) is 0 Å². The van der Waals surface area contributed by atoms with Crippen LogP contribution in [0.2, 0.25) is 0 Å². The zero-order valence-electron chi connectivity index (χ0n) is 12.9. The van der Waals surface area contributed by atoms with Crippen LogP contribution in [0.5, 0.6) is 5.75 Å². The molecule has 118 valence electrons. The lowest BCUT2D eigenvalue weighted by atomic mass is 10.2. The molecule has 0 spiro atoms. The fourth-order valence-electron chi connectivity index (χ4n) is 2.80. The van der Waals surface area contributed by atoms with E-state index < -0.39 is 0 Å². The van der Waals surface area contributed by atoms with Gasteiger partial charge >= 0.3 is 0 Å². The molecule has 1 aliphatic rings. The highest BCUT2D eigenvalue weighted by Crippen LogP contribution is 2.27. The average Bonchev–Trinajstić information content (AvgIpc) is 3.04. The Morgan fingerprint density at radius 3 is 2.52 bits per heavy atom. The lowest BCUT2D eigenvalue weighted by molar-refractivity contribution is 0.312. The van der Waals surface area contributed by atoms with Gasteiger partial charge in [-0.05, 0) is 31.3 Å². The molecule has 2 aromatic heterocycles. The number of hydrogen-bond donors (Lipinski definition) is 2. The van der Waals surface area contributed by atoms with Gasteiger partial charge in [-0.1, -0.05) is 0 Å². The maximum Gasteiger partial charge on any atom is 0.183 e. The van der Waals surface area contributed by atoms with Crippen molar-refractivity contribution in [2.45, 2.75) is 0 Å². The number of phenols is 1. The number of aromatic amines is 1. The standard InChI is InChI=1S/C16H18N6O/c1-21-6-8-22(9-7-21)16-13-15(18-10-17-13)19-14(20-16)11-2-4-12(23)5-3-11/h2-5,10,23H,6-9H2,1H3,(H,17,18,19,20). The number of nitrogens with zero attached hydrogens (tertiary/aromatic N) is 5. The molecule has 0 saturated carbocycles. The monoisotopic (exact) mass is 310 g/mol. The van der Waals surface area contributed by atoms with Crippen molar-refractivity contribution in [1.82, 2.24) is 24.8 Å². The van der Waals surface area contributed by atoms with Gasteiger partial charge in [-0.2, -0.15) is 0 Å². The number of nitrogens with one attached hydrogen (secondary N) is 1. The van der Waals surface area contributed by atoms with Crippen molar-refractivity contribution in [2.24, 2.45) is 0 Å². The van der Waals surface area contributed by atoms with Crippen LogP contribution in [0.4, 0.5) is 5.82 Å². The van der Waals surface area contributed by atoms with Gasteiger partial charge in [-0.15, -0.1) is 0 Å². The minimum atomic E-state index is 0.230. The molecule has 4 rings (SSSR count). The van der Waals surface area contributed by atoms with E-state index in [0.717, 1.165) is 43.1 Å². The fraction of sp³-hybridized carbons (Fsp3) is 0.312. The van der Waals surface area contributed by atoms with Crippen molar-refractivity contribution < 1.29 is 5.11 Å². The predicted octanol–water partition coefficient (Wildman–Crippen LogP) is 1.48. The number of aromatic hydroxyl groups is 1. The third kappa shape index (κ3) is 2.59. The Hall–Kier alpha value is -2.67. The lowest BCUT2D eigenvalue weighted by Crippen LogP contribution is -2.45. The molecular formula is C16H18N6O. The molecule has 0 aliphatic carbocycles. The molecule has 3 heterocycles. The first-order chi connectivity index (χ1) is 11.2. The molecule has 3 aromatic rings. The second-order valence-corrected chi connectivity index (χ2v) is 5.81. The van der Waals surface area contributed by atoms with Gasteiger partial charge < -0.3 is 19.9 Å². The molecule has 0 bridgehead atoms. The van der Waals surface area contributed by atoms with Crippen molar-refractivity contribution in [2.75, 3.05) is 38.1 Å². The number of fused-ring (bicyclic) bond motifs is 1.